The third kappa shape index (κ3) is 3.18. The summed E-state index contributed by atoms with van der Waals surface area (Å²) < 4.78 is 7.01. The van der Waals surface area contributed by atoms with Crippen LogP contribution < -0.4 is 5.32 Å². The molecule has 0 aliphatic carbocycles. The maximum absolute atomic E-state index is 6.19. The highest BCUT2D eigenvalue weighted by Crippen LogP contribution is 2.44. The summed E-state index contributed by atoms with van der Waals surface area (Å²) in [5.41, 5.74) is 0. The van der Waals surface area contributed by atoms with Gasteiger partial charge in [0.25, 0.3) is 0 Å². The first-order valence-corrected chi connectivity index (χ1v) is 8.78. The van der Waals surface area contributed by atoms with Gasteiger partial charge in [0.2, 0.25) is 0 Å². The highest BCUT2D eigenvalue weighted by Gasteiger charge is 2.42. The largest absolute Gasteiger partial charge is 0.375 e. The molecule has 2 nitrogen and oxygen atoms in total. The van der Waals surface area contributed by atoms with Crippen molar-refractivity contribution in [1.29, 1.82) is 0 Å². The van der Waals surface area contributed by atoms with Gasteiger partial charge in [-0.15, -0.1) is 11.3 Å². The summed E-state index contributed by atoms with van der Waals surface area (Å²) in [6.07, 6.45) is 0.591. The van der Waals surface area contributed by atoms with Crippen molar-refractivity contribution in [3.8, 4) is 0 Å². The standard InChI is InChI=1S/C14H21BrClNOS/c1-5-17-13(11-6-10(16)14(15)19-11)12-7(2)8(3)18-9(12)4/h6-9,12-13,17H,5H2,1-4H3. The minimum absolute atomic E-state index is 0.272. The third-order valence-corrected chi connectivity index (χ3v) is 6.66. The van der Waals surface area contributed by atoms with E-state index < -0.39 is 0 Å². The van der Waals surface area contributed by atoms with Crippen molar-refractivity contribution >= 4 is 38.9 Å². The zero-order chi connectivity index (χ0) is 14.2. The van der Waals surface area contributed by atoms with E-state index in [9.17, 15) is 0 Å². The molecule has 5 atom stereocenters. The van der Waals surface area contributed by atoms with Crippen LogP contribution in [-0.2, 0) is 4.74 Å². The van der Waals surface area contributed by atoms with E-state index in [1.807, 2.05) is 0 Å². The minimum atomic E-state index is 0.272. The molecule has 2 rings (SSSR count). The smallest absolute Gasteiger partial charge is 0.0887 e. The van der Waals surface area contributed by atoms with Crippen LogP contribution in [0.3, 0.4) is 0 Å². The summed E-state index contributed by atoms with van der Waals surface area (Å²) in [7, 11) is 0. The van der Waals surface area contributed by atoms with Crippen molar-refractivity contribution in [2.45, 2.75) is 45.9 Å². The molecule has 19 heavy (non-hydrogen) atoms. The van der Waals surface area contributed by atoms with Gasteiger partial charge in [0.1, 0.15) is 0 Å². The Bertz CT molecular complexity index is 420. The number of hydrogen-bond donors (Lipinski definition) is 1. The number of nitrogens with one attached hydrogen (secondary N) is 1. The fourth-order valence-electron chi connectivity index (χ4n) is 3.03. The molecule has 5 unspecified atom stereocenters. The molecule has 0 spiro atoms. The second-order valence-corrected chi connectivity index (χ2v) is 8.10. The highest BCUT2D eigenvalue weighted by atomic mass is 79.9. The maximum atomic E-state index is 6.19. The average molecular weight is 367 g/mol. The van der Waals surface area contributed by atoms with Gasteiger partial charge in [-0.1, -0.05) is 25.4 Å². The van der Waals surface area contributed by atoms with E-state index in [2.05, 4.69) is 55.0 Å². The molecule has 1 aliphatic heterocycles. The number of halogens is 2. The van der Waals surface area contributed by atoms with Crippen LogP contribution >= 0.6 is 38.9 Å². The van der Waals surface area contributed by atoms with E-state index in [1.165, 1.54) is 4.88 Å². The number of hydrogen-bond acceptors (Lipinski definition) is 3. The lowest BCUT2D eigenvalue weighted by atomic mass is 9.83. The highest BCUT2D eigenvalue weighted by molar-refractivity contribution is 9.11. The summed E-state index contributed by atoms with van der Waals surface area (Å²) >= 11 is 11.4. The number of rotatable bonds is 4. The normalized spacial score (nSPS) is 32.7. The van der Waals surface area contributed by atoms with E-state index in [4.69, 9.17) is 16.3 Å². The topological polar surface area (TPSA) is 21.3 Å². The molecule has 0 saturated carbocycles. The molecule has 1 fully saturated rings. The van der Waals surface area contributed by atoms with Gasteiger partial charge in [-0.05, 0) is 48.3 Å². The third-order valence-electron chi connectivity index (χ3n) is 4.10. The van der Waals surface area contributed by atoms with Crippen molar-refractivity contribution in [2.75, 3.05) is 6.54 Å². The Labute approximate surface area is 133 Å². The Morgan fingerprint density at radius 3 is 2.53 bits per heavy atom. The predicted octanol–water partition coefficient (Wildman–Crippen LogP) is 4.87. The first kappa shape index (κ1) is 15.8. The first-order chi connectivity index (χ1) is 8.95. The van der Waals surface area contributed by atoms with E-state index in [-0.39, 0.29) is 6.10 Å². The molecule has 1 aliphatic rings. The molecular weight excluding hydrogens is 346 g/mol. The van der Waals surface area contributed by atoms with Crippen molar-refractivity contribution in [3.05, 3.63) is 19.8 Å². The second kappa shape index (κ2) is 6.44. The van der Waals surface area contributed by atoms with Crippen LogP contribution in [0.2, 0.25) is 5.02 Å². The lowest BCUT2D eigenvalue weighted by molar-refractivity contribution is 0.0477. The van der Waals surface area contributed by atoms with Gasteiger partial charge < -0.3 is 10.1 Å². The SMILES string of the molecule is CCNC(c1cc(Cl)c(Br)s1)C1C(C)OC(C)C1C. The zero-order valence-corrected chi connectivity index (χ0v) is 14.9. The monoisotopic (exact) mass is 365 g/mol. The fraction of sp³-hybridized carbons (Fsp3) is 0.714. The Morgan fingerprint density at radius 2 is 2.11 bits per heavy atom. The maximum Gasteiger partial charge on any atom is 0.0887 e. The molecule has 1 N–H and O–H groups in total. The first-order valence-electron chi connectivity index (χ1n) is 6.79. The van der Waals surface area contributed by atoms with E-state index in [0.29, 0.717) is 24.0 Å². The van der Waals surface area contributed by atoms with Crippen LogP contribution in [0.25, 0.3) is 0 Å². The van der Waals surface area contributed by atoms with Crippen LogP contribution in [0.15, 0.2) is 9.85 Å². The Morgan fingerprint density at radius 1 is 1.42 bits per heavy atom. The van der Waals surface area contributed by atoms with Crippen molar-refractivity contribution in [3.63, 3.8) is 0 Å². The van der Waals surface area contributed by atoms with Gasteiger partial charge in [-0.3, -0.25) is 0 Å². The van der Waals surface area contributed by atoms with E-state index in [1.54, 1.807) is 11.3 Å². The lowest BCUT2D eigenvalue weighted by Gasteiger charge is -2.28. The predicted molar refractivity (Wildman–Crippen MR) is 86.1 cm³/mol. The van der Waals surface area contributed by atoms with Crippen LogP contribution in [-0.4, -0.2) is 18.8 Å². The molecule has 1 saturated heterocycles. The zero-order valence-electron chi connectivity index (χ0n) is 11.7. The van der Waals surface area contributed by atoms with Crippen LogP contribution in [0.5, 0.6) is 0 Å². The summed E-state index contributed by atoms with van der Waals surface area (Å²) in [5, 5.41) is 4.41. The van der Waals surface area contributed by atoms with Crippen molar-refractivity contribution < 1.29 is 4.74 Å². The van der Waals surface area contributed by atoms with E-state index >= 15 is 0 Å². The molecule has 1 aromatic rings. The lowest BCUT2D eigenvalue weighted by Crippen LogP contribution is -2.34. The number of thiophene rings is 1. The average Bonchev–Trinajstić information content (AvgIpc) is 2.79. The summed E-state index contributed by atoms with van der Waals surface area (Å²) in [6.45, 7) is 9.72. The molecule has 1 aromatic heterocycles. The van der Waals surface area contributed by atoms with Gasteiger partial charge in [-0.25, -0.2) is 0 Å². The molecule has 108 valence electrons. The van der Waals surface area contributed by atoms with E-state index in [0.717, 1.165) is 15.4 Å². The van der Waals surface area contributed by atoms with Crippen molar-refractivity contribution in [2.24, 2.45) is 11.8 Å². The van der Waals surface area contributed by atoms with Gasteiger partial charge in [-0.2, -0.15) is 0 Å². The summed E-state index contributed by atoms with van der Waals surface area (Å²) in [4.78, 5) is 1.29. The van der Waals surface area contributed by atoms with Crippen LogP contribution in [0.4, 0.5) is 0 Å². The van der Waals surface area contributed by atoms with Crippen LogP contribution in [0, 0.1) is 11.8 Å². The molecule has 5 heteroatoms. The van der Waals surface area contributed by atoms with Crippen LogP contribution in [0.1, 0.15) is 38.6 Å². The Balaban J connectivity index is 2.29. The molecule has 2 heterocycles. The molecule has 0 amide bonds. The van der Waals surface area contributed by atoms with Gasteiger partial charge >= 0.3 is 0 Å². The van der Waals surface area contributed by atoms with Gasteiger partial charge in [0, 0.05) is 16.8 Å². The summed E-state index contributed by atoms with van der Waals surface area (Å²) in [6, 6.07) is 2.39. The second-order valence-electron chi connectivity index (χ2n) is 5.29. The van der Waals surface area contributed by atoms with Gasteiger partial charge in [0.05, 0.1) is 21.0 Å². The Kier molecular flexibility index (Phi) is 5.34. The van der Waals surface area contributed by atoms with Gasteiger partial charge in [0.15, 0.2) is 0 Å². The molecule has 0 bridgehead atoms. The minimum Gasteiger partial charge on any atom is -0.375 e. The molecule has 0 aromatic carbocycles. The van der Waals surface area contributed by atoms with Crippen molar-refractivity contribution in [1.82, 2.24) is 5.32 Å². The number of ether oxygens (including phenoxy) is 1. The molecular formula is C14H21BrClNOS. The quantitative estimate of drug-likeness (QED) is 0.820. The Hall–Kier alpha value is 0.390. The summed E-state index contributed by atoms with van der Waals surface area (Å²) in [5.74, 6) is 1.02. The fourth-order valence-corrected chi connectivity index (χ4v) is 4.91. The molecule has 0 radical (unpaired) electrons.